The number of carboxylic acids is 1. The highest BCUT2D eigenvalue weighted by atomic mass is 16.5. The topological polar surface area (TPSA) is 66.8 Å². The Hall–Kier alpha value is -1.88. The first-order valence-electron chi connectivity index (χ1n) is 6.16. The van der Waals surface area contributed by atoms with E-state index in [9.17, 15) is 9.59 Å². The molecule has 0 heterocycles. The lowest BCUT2D eigenvalue weighted by Gasteiger charge is -2.20. The van der Waals surface area contributed by atoms with Gasteiger partial charge in [-0.15, -0.1) is 0 Å². The molecule has 0 spiro atoms. The predicted octanol–water partition coefficient (Wildman–Crippen LogP) is 1.18. The van der Waals surface area contributed by atoms with E-state index in [1.165, 1.54) is 12.0 Å². The van der Waals surface area contributed by atoms with Gasteiger partial charge >= 0.3 is 5.97 Å². The molecule has 0 atom stereocenters. The molecule has 104 valence electrons. The maximum atomic E-state index is 12.0. The first-order chi connectivity index (χ1) is 9.13. The summed E-state index contributed by atoms with van der Waals surface area (Å²) >= 11 is 0. The number of aryl methyl sites for hydroxylation is 1. The molecule has 0 bridgehead atoms. The van der Waals surface area contributed by atoms with Crippen molar-refractivity contribution >= 4 is 11.9 Å². The minimum Gasteiger partial charge on any atom is -0.480 e. The van der Waals surface area contributed by atoms with Crippen molar-refractivity contribution in [3.63, 3.8) is 0 Å². The van der Waals surface area contributed by atoms with Gasteiger partial charge < -0.3 is 14.7 Å². The Bertz CT molecular complexity index is 405. The van der Waals surface area contributed by atoms with Crippen LogP contribution in [0.5, 0.6) is 0 Å². The van der Waals surface area contributed by atoms with Crippen LogP contribution >= 0.6 is 0 Å². The van der Waals surface area contributed by atoms with Crippen molar-refractivity contribution in [3.05, 3.63) is 35.9 Å². The fourth-order valence-corrected chi connectivity index (χ4v) is 1.71. The molecule has 19 heavy (non-hydrogen) atoms. The largest absolute Gasteiger partial charge is 0.480 e. The van der Waals surface area contributed by atoms with Crippen molar-refractivity contribution in [2.75, 3.05) is 26.8 Å². The number of hydrogen-bond donors (Lipinski definition) is 1. The van der Waals surface area contributed by atoms with E-state index in [0.717, 1.165) is 5.56 Å². The van der Waals surface area contributed by atoms with E-state index < -0.39 is 5.97 Å². The van der Waals surface area contributed by atoms with E-state index in [2.05, 4.69) is 0 Å². The normalized spacial score (nSPS) is 10.2. The Labute approximate surface area is 112 Å². The fourth-order valence-electron chi connectivity index (χ4n) is 1.71. The molecule has 0 fully saturated rings. The van der Waals surface area contributed by atoms with Gasteiger partial charge in [-0.1, -0.05) is 30.3 Å². The Morgan fingerprint density at radius 1 is 1.26 bits per heavy atom. The molecule has 1 rings (SSSR count). The molecule has 0 unspecified atom stereocenters. The van der Waals surface area contributed by atoms with Crippen molar-refractivity contribution in [2.45, 2.75) is 12.8 Å². The molecule has 5 nitrogen and oxygen atoms in total. The van der Waals surface area contributed by atoms with Gasteiger partial charge in [0.05, 0.1) is 6.61 Å². The van der Waals surface area contributed by atoms with Gasteiger partial charge in [-0.2, -0.15) is 0 Å². The number of methoxy groups -OCH3 is 1. The van der Waals surface area contributed by atoms with Crippen molar-refractivity contribution in [3.8, 4) is 0 Å². The van der Waals surface area contributed by atoms with E-state index in [4.69, 9.17) is 9.84 Å². The lowest BCUT2D eigenvalue weighted by Crippen LogP contribution is -2.38. The zero-order chi connectivity index (χ0) is 14.1. The number of carbonyl (C=O) groups is 2. The first-order valence-corrected chi connectivity index (χ1v) is 6.16. The highest BCUT2D eigenvalue weighted by Crippen LogP contribution is 2.05. The van der Waals surface area contributed by atoms with Gasteiger partial charge in [0.1, 0.15) is 6.54 Å². The first kappa shape index (κ1) is 15.2. The van der Waals surface area contributed by atoms with Crippen LogP contribution in [0.15, 0.2) is 30.3 Å². The smallest absolute Gasteiger partial charge is 0.323 e. The Kier molecular flexibility index (Phi) is 6.60. The summed E-state index contributed by atoms with van der Waals surface area (Å²) in [5, 5.41) is 8.78. The van der Waals surface area contributed by atoms with Crippen molar-refractivity contribution in [2.24, 2.45) is 0 Å². The number of benzene rings is 1. The zero-order valence-electron chi connectivity index (χ0n) is 11.0. The van der Waals surface area contributed by atoms with Crippen LogP contribution in [-0.2, 0) is 20.7 Å². The van der Waals surface area contributed by atoms with E-state index in [-0.39, 0.29) is 12.5 Å². The number of rotatable bonds is 8. The van der Waals surface area contributed by atoms with Crippen LogP contribution in [0.3, 0.4) is 0 Å². The molecule has 1 aromatic carbocycles. The summed E-state index contributed by atoms with van der Waals surface area (Å²) in [6.45, 7) is 0.359. The van der Waals surface area contributed by atoms with Crippen molar-refractivity contribution in [1.82, 2.24) is 4.90 Å². The molecule has 0 radical (unpaired) electrons. The van der Waals surface area contributed by atoms with E-state index in [0.29, 0.717) is 26.0 Å². The lowest BCUT2D eigenvalue weighted by molar-refractivity contribution is -0.144. The maximum absolute atomic E-state index is 12.0. The Balaban J connectivity index is 2.48. The number of amides is 1. The summed E-state index contributed by atoms with van der Waals surface area (Å²) < 4.78 is 4.88. The van der Waals surface area contributed by atoms with Gasteiger partial charge in [0.25, 0.3) is 0 Å². The van der Waals surface area contributed by atoms with E-state index in [1.807, 2.05) is 30.3 Å². The van der Waals surface area contributed by atoms with Gasteiger partial charge in [0.2, 0.25) is 5.91 Å². The average molecular weight is 265 g/mol. The average Bonchev–Trinajstić information content (AvgIpc) is 2.41. The van der Waals surface area contributed by atoms with Gasteiger partial charge in [-0.05, 0) is 12.0 Å². The van der Waals surface area contributed by atoms with Gasteiger partial charge in [-0.25, -0.2) is 0 Å². The van der Waals surface area contributed by atoms with Crippen LogP contribution in [0.4, 0.5) is 0 Å². The van der Waals surface area contributed by atoms with Gasteiger partial charge in [-0.3, -0.25) is 9.59 Å². The second-order valence-corrected chi connectivity index (χ2v) is 4.19. The standard InChI is InChI=1S/C14H19NO4/c1-19-10-9-15(11-14(17)18)13(16)8-7-12-5-3-2-4-6-12/h2-6H,7-11H2,1H3,(H,17,18). The molecule has 0 aliphatic carbocycles. The molecule has 0 aliphatic rings. The quantitative estimate of drug-likeness (QED) is 0.766. The van der Waals surface area contributed by atoms with Crippen LogP contribution in [0.2, 0.25) is 0 Å². The molecule has 0 aromatic heterocycles. The van der Waals surface area contributed by atoms with Crippen LogP contribution < -0.4 is 0 Å². The number of ether oxygens (including phenoxy) is 1. The zero-order valence-corrected chi connectivity index (χ0v) is 11.0. The Morgan fingerprint density at radius 3 is 2.53 bits per heavy atom. The highest BCUT2D eigenvalue weighted by molar-refractivity contribution is 5.81. The molecule has 0 saturated carbocycles. The minimum atomic E-state index is -1.01. The monoisotopic (exact) mass is 265 g/mol. The maximum Gasteiger partial charge on any atom is 0.323 e. The summed E-state index contributed by atoms with van der Waals surface area (Å²) in [6, 6.07) is 9.65. The predicted molar refractivity (Wildman–Crippen MR) is 70.9 cm³/mol. The number of nitrogens with zero attached hydrogens (tertiary/aromatic N) is 1. The van der Waals surface area contributed by atoms with E-state index in [1.54, 1.807) is 0 Å². The lowest BCUT2D eigenvalue weighted by atomic mass is 10.1. The number of carboxylic acid groups (broad SMARTS) is 1. The van der Waals surface area contributed by atoms with E-state index >= 15 is 0 Å². The number of aliphatic carboxylic acids is 1. The summed E-state index contributed by atoms with van der Waals surface area (Å²) in [4.78, 5) is 24.0. The van der Waals surface area contributed by atoms with Crippen molar-refractivity contribution in [1.29, 1.82) is 0 Å². The highest BCUT2D eigenvalue weighted by Gasteiger charge is 2.16. The SMILES string of the molecule is COCCN(CC(=O)O)C(=O)CCc1ccccc1. The fraction of sp³-hybridized carbons (Fsp3) is 0.429. The number of carbonyl (C=O) groups excluding carboxylic acids is 1. The summed E-state index contributed by atoms with van der Waals surface area (Å²) in [5.41, 5.74) is 1.07. The second-order valence-electron chi connectivity index (χ2n) is 4.19. The van der Waals surface area contributed by atoms with Crippen LogP contribution in [0.25, 0.3) is 0 Å². The third kappa shape index (κ3) is 6.01. The number of hydrogen-bond acceptors (Lipinski definition) is 3. The van der Waals surface area contributed by atoms with Crippen LogP contribution in [-0.4, -0.2) is 48.7 Å². The molecule has 5 heteroatoms. The third-order valence-corrected chi connectivity index (χ3v) is 2.71. The van der Waals surface area contributed by atoms with Crippen LogP contribution in [0, 0.1) is 0 Å². The summed E-state index contributed by atoms with van der Waals surface area (Å²) in [7, 11) is 1.52. The van der Waals surface area contributed by atoms with Crippen LogP contribution in [0.1, 0.15) is 12.0 Å². The molecular weight excluding hydrogens is 246 g/mol. The van der Waals surface area contributed by atoms with Crippen molar-refractivity contribution < 1.29 is 19.4 Å². The molecule has 0 saturated heterocycles. The second kappa shape index (κ2) is 8.26. The molecule has 1 N–H and O–H groups in total. The molecular formula is C14H19NO4. The minimum absolute atomic E-state index is 0.164. The molecule has 1 aromatic rings. The molecule has 0 aliphatic heterocycles. The van der Waals surface area contributed by atoms with Gasteiger partial charge in [0.15, 0.2) is 0 Å². The third-order valence-electron chi connectivity index (χ3n) is 2.71. The Morgan fingerprint density at radius 2 is 1.95 bits per heavy atom. The molecule has 1 amide bonds. The summed E-state index contributed by atoms with van der Waals surface area (Å²) in [6.07, 6.45) is 0.920. The summed E-state index contributed by atoms with van der Waals surface area (Å²) in [5.74, 6) is -1.17. The van der Waals surface area contributed by atoms with Gasteiger partial charge in [0, 0.05) is 20.1 Å².